The van der Waals surface area contributed by atoms with Crippen molar-refractivity contribution in [3.05, 3.63) is 23.3 Å². The Morgan fingerprint density at radius 3 is 2.54 bits per heavy atom. The van der Waals surface area contributed by atoms with Gasteiger partial charge in [0.1, 0.15) is 11.5 Å². The molecule has 0 bridgehead atoms. The Morgan fingerprint density at radius 2 is 1.96 bits per heavy atom. The zero-order valence-electron chi connectivity index (χ0n) is 15.2. The molecule has 0 spiro atoms. The molecule has 4 heteroatoms. The van der Waals surface area contributed by atoms with Crippen molar-refractivity contribution >= 4 is 5.97 Å². The van der Waals surface area contributed by atoms with Crippen molar-refractivity contribution in [3.63, 3.8) is 0 Å². The third-order valence-corrected chi connectivity index (χ3v) is 5.10. The molecule has 4 nitrogen and oxygen atoms in total. The van der Waals surface area contributed by atoms with Crippen molar-refractivity contribution in [1.29, 1.82) is 0 Å². The molecule has 134 valence electrons. The summed E-state index contributed by atoms with van der Waals surface area (Å²) in [5, 5.41) is 8.86. The van der Waals surface area contributed by atoms with Gasteiger partial charge in [0.2, 0.25) is 0 Å². The lowest BCUT2D eigenvalue weighted by Crippen LogP contribution is -2.26. The number of aryl methyl sites for hydroxylation is 1. The number of esters is 1. The lowest BCUT2D eigenvalue weighted by Gasteiger charge is -2.36. The van der Waals surface area contributed by atoms with E-state index in [1.165, 1.54) is 19.3 Å². The minimum absolute atomic E-state index is 0.00123. The fourth-order valence-electron chi connectivity index (χ4n) is 3.68. The Morgan fingerprint density at radius 1 is 1.25 bits per heavy atom. The Bertz CT molecular complexity index is 559. The number of ether oxygens (including phenoxy) is 2. The van der Waals surface area contributed by atoms with Crippen molar-refractivity contribution in [2.45, 2.75) is 70.6 Å². The number of hydrogen-bond acceptors (Lipinski definition) is 4. The molecule has 24 heavy (non-hydrogen) atoms. The molecule has 0 aliphatic heterocycles. The summed E-state index contributed by atoms with van der Waals surface area (Å²) in [5.41, 5.74) is 2.31. The van der Waals surface area contributed by atoms with Gasteiger partial charge in [0.15, 0.2) is 0 Å². The standard InChI is InChI=1S/C20H30O4/c1-4-15-13-16(24-18(22)9-8-12-21)14-17(19(15)23-3)20(2)10-6-5-7-11-20/h13-14,21H,4-12H2,1-3H3. The van der Waals surface area contributed by atoms with Gasteiger partial charge in [-0.15, -0.1) is 0 Å². The normalized spacial score (nSPS) is 16.7. The van der Waals surface area contributed by atoms with Crippen molar-refractivity contribution in [2.75, 3.05) is 13.7 Å². The van der Waals surface area contributed by atoms with Crippen LogP contribution in [0.5, 0.6) is 11.5 Å². The fourth-order valence-corrected chi connectivity index (χ4v) is 3.68. The predicted molar refractivity (Wildman–Crippen MR) is 94.8 cm³/mol. The van der Waals surface area contributed by atoms with Crippen LogP contribution in [0.4, 0.5) is 0 Å². The smallest absolute Gasteiger partial charge is 0.311 e. The van der Waals surface area contributed by atoms with Gasteiger partial charge in [-0.05, 0) is 48.8 Å². The number of aliphatic hydroxyl groups is 1. The first kappa shape index (κ1) is 18.8. The molecule has 1 fully saturated rings. The molecule has 0 heterocycles. The first-order chi connectivity index (χ1) is 11.5. The highest BCUT2D eigenvalue weighted by Gasteiger charge is 2.33. The molecule has 1 aromatic rings. The van der Waals surface area contributed by atoms with E-state index in [0.717, 1.165) is 36.1 Å². The predicted octanol–water partition coefficient (Wildman–Crippen LogP) is 4.16. The second kappa shape index (κ2) is 8.52. The van der Waals surface area contributed by atoms with E-state index in [-0.39, 0.29) is 24.4 Å². The molecule has 1 N–H and O–H groups in total. The average molecular weight is 334 g/mol. The van der Waals surface area contributed by atoms with E-state index in [4.69, 9.17) is 14.6 Å². The maximum atomic E-state index is 11.9. The Kier molecular flexibility index (Phi) is 6.67. The van der Waals surface area contributed by atoms with Gasteiger partial charge >= 0.3 is 5.97 Å². The lowest BCUT2D eigenvalue weighted by molar-refractivity contribution is -0.134. The zero-order valence-corrected chi connectivity index (χ0v) is 15.2. The minimum atomic E-state index is -0.295. The van der Waals surface area contributed by atoms with Crippen LogP contribution in [-0.2, 0) is 16.6 Å². The molecule has 0 saturated heterocycles. The molecule has 0 radical (unpaired) electrons. The van der Waals surface area contributed by atoms with Crippen LogP contribution in [0.15, 0.2) is 12.1 Å². The fraction of sp³-hybridized carbons (Fsp3) is 0.650. The van der Waals surface area contributed by atoms with E-state index in [0.29, 0.717) is 12.2 Å². The number of aliphatic hydroxyl groups excluding tert-OH is 1. The first-order valence-corrected chi connectivity index (χ1v) is 9.07. The largest absolute Gasteiger partial charge is 0.496 e. The van der Waals surface area contributed by atoms with Crippen LogP contribution >= 0.6 is 0 Å². The van der Waals surface area contributed by atoms with E-state index in [1.807, 2.05) is 12.1 Å². The Hall–Kier alpha value is -1.55. The van der Waals surface area contributed by atoms with Crippen LogP contribution in [0.2, 0.25) is 0 Å². The van der Waals surface area contributed by atoms with Crippen molar-refractivity contribution in [3.8, 4) is 11.5 Å². The molecule has 2 rings (SSSR count). The summed E-state index contributed by atoms with van der Waals surface area (Å²) in [7, 11) is 1.72. The van der Waals surface area contributed by atoms with Gasteiger partial charge in [-0.2, -0.15) is 0 Å². The van der Waals surface area contributed by atoms with Gasteiger partial charge < -0.3 is 14.6 Å². The van der Waals surface area contributed by atoms with E-state index < -0.39 is 0 Å². The zero-order chi connectivity index (χ0) is 17.6. The Balaban J connectivity index is 2.36. The van der Waals surface area contributed by atoms with Crippen LogP contribution in [0.1, 0.15) is 69.9 Å². The van der Waals surface area contributed by atoms with E-state index in [1.54, 1.807) is 7.11 Å². The molecule has 1 aliphatic carbocycles. The van der Waals surface area contributed by atoms with Crippen LogP contribution in [0, 0.1) is 0 Å². The molecular formula is C20H30O4. The average Bonchev–Trinajstić information content (AvgIpc) is 2.59. The first-order valence-electron chi connectivity index (χ1n) is 9.07. The number of carbonyl (C=O) groups is 1. The number of methoxy groups -OCH3 is 1. The van der Waals surface area contributed by atoms with E-state index in [2.05, 4.69) is 13.8 Å². The second-order valence-corrected chi connectivity index (χ2v) is 6.94. The van der Waals surface area contributed by atoms with Gasteiger partial charge in [-0.1, -0.05) is 33.1 Å². The second-order valence-electron chi connectivity index (χ2n) is 6.94. The van der Waals surface area contributed by atoms with Gasteiger partial charge in [-0.25, -0.2) is 0 Å². The molecular weight excluding hydrogens is 304 g/mol. The van der Waals surface area contributed by atoms with Gasteiger partial charge in [0.05, 0.1) is 7.11 Å². The lowest BCUT2D eigenvalue weighted by atomic mass is 9.70. The topological polar surface area (TPSA) is 55.8 Å². The maximum Gasteiger partial charge on any atom is 0.311 e. The summed E-state index contributed by atoms with van der Waals surface area (Å²) in [5.74, 6) is 1.24. The van der Waals surface area contributed by atoms with Gasteiger partial charge in [0.25, 0.3) is 0 Å². The van der Waals surface area contributed by atoms with E-state index in [9.17, 15) is 4.79 Å². The van der Waals surface area contributed by atoms with Gasteiger partial charge in [0, 0.05) is 18.6 Å². The van der Waals surface area contributed by atoms with Crippen molar-refractivity contribution in [2.24, 2.45) is 0 Å². The van der Waals surface area contributed by atoms with Crippen LogP contribution in [0.3, 0.4) is 0 Å². The summed E-state index contributed by atoms with van der Waals surface area (Å²) in [6.07, 6.45) is 7.49. The highest BCUT2D eigenvalue weighted by atomic mass is 16.5. The number of rotatable bonds is 7. The SMILES string of the molecule is CCc1cc(OC(=O)CCCO)cc(C2(C)CCCCC2)c1OC. The quantitative estimate of drug-likeness (QED) is 0.601. The highest BCUT2D eigenvalue weighted by molar-refractivity contribution is 5.72. The van der Waals surface area contributed by atoms with E-state index >= 15 is 0 Å². The third-order valence-electron chi connectivity index (χ3n) is 5.10. The summed E-state index contributed by atoms with van der Waals surface area (Å²) in [4.78, 5) is 11.9. The summed E-state index contributed by atoms with van der Waals surface area (Å²) < 4.78 is 11.3. The number of carbonyl (C=O) groups excluding carboxylic acids is 1. The molecule has 0 aromatic heterocycles. The summed E-state index contributed by atoms with van der Waals surface area (Å²) in [6.45, 7) is 4.38. The molecule has 0 atom stereocenters. The van der Waals surface area contributed by atoms with Crippen LogP contribution < -0.4 is 9.47 Å². The maximum absolute atomic E-state index is 11.9. The molecule has 0 unspecified atom stereocenters. The third kappa shape index (κ3) is 4.29. The van der Waals surface area contributed by atoms with Crippen molar-refractivity contribution < 1.29 is 19.4 Å². The van der Waals surface area contributed by atoms with Crippen LogP contribution in [0.25, 0.3) is 0 Å². The highest BCUT2D eigenvalue weighted by Crippen LogP contribution is 2.45. The number of hydrogen-bond donors (Lipinski definition) is 1. The summed E-state index contributed by atoms with van der Waals surface area (Å²) >= 11 is 0. The molecule has 1 saturated carbocycles. The Labute approximate surface area is 145 Å². The molecule has 0 amide bonds. The number of benzene rings is 1. The summed E-state index contributed by atoms with van der Waals surface area (Å²) in [6, 6.07) is 3.89. The van der Waals surface area contributed by atoms with Crippen LogP contribution in [-0.4, -0.2) is 24.8 Å². The monoisotopic (exact) mass is 334 g/mol. The van der Waals surface area contributed by atoms with Gasteiger partial charge in [-0.3, -0.25) is 4.79 Å². The molecule has 1 aliphatic rings. The minimum Gasteiger partial charge on any atom is -0.496 e. The van der Waals surface area contributed by atoms with Crippen molar-refractivity contribution in [1.82, 2.24) is 0 Å². The molecule has 1 aromatic carbocycles.